The highest BCUT2D eigenvalue weighted by Gasteiger charge is 2.29. The maximum Gasteiger partial charge on any atom is 0.171 e. The van der Waals surface area contributed by atoms with Crippen LogP contribution in [0.25, 0.3) is 77.3 Å². The Labute approximate surface area is 324 Å². The van der Waals surface area contributed by atoms with Crippen LogP contribution in [0, 0.1) is 13.8 Å². The van der Waals surface area contributed by atoms with Crippen LogP contribution in [0.4, 0.5) is 0 Å². The van der Waals surface area contributed by atoms with Crippen molar-refractivity contribution in [3.8, 4) is 33.9 Å². The maximum absolute atomic E-state index is 15.1. The Morgan fingerprint density at radius 1 is 0.411 bits per heavy atom. The predicted octanol–water partition coefficient (Wildman–Crippen LogP) is 11.1. The van der Waals surface area contributed by atoms with Crippen molar-refractivity contribution < 1.29 is 4.57 Å². The van der Waals surface area contributed by atoms with Crippen molar-refractivity contribution >= 4 is 66.4 Å². The fraction of sp³-hybridized carbons (Fsp3) is 0.0400. The van der Waals surface area contributed by atoms with E-state index in [1.54, 1.807) is 0 Å². The lowest BCUT2D eigenvalue weighted by Gasteiger charge is -2.21. The van der Waals surface area contributed by atoms with Crippen LogP contribution in [0.1, 0.15) is 11.1 Å². The molecule has 0 radical (unpaired) electrons. The highest BCUT2D eigenvalue weighted by atomic mass is 31.2. The molecule has 0 saturated carbocycles. The Bertz CT molecular complexity index is 3110. The first-order valence-corrected chi connectivity index (χ1v) is 20.5. The van der Waals surface area contributed by atoms with Gasteiger partial charge in [-0.3, -0.25) is 9.97 Å². The van der Waals surface area contributed by atoms with Crippen molar-refractivity contribution in [2.24, 2.45) is 0 Å². The van der Waals surface area contributed by atoms with Gasteiger partial charge in [0.2, 0.25) is 0 Å². The minimum atomic E-state index is -3.10. The summed E-state index contributed by atoms with van der Waals surface area (Å²) in [6.07, 6.45) is 3.66. The van der Waals surface area contributed by atoms with Crippen LogP contribution in [-0.4, -0.2) is 19.9 Å². The standard InChI is InChI=1S/C50H35N4OP/c1-32-45-39-19-9-10-20-41(39)53-49(42-21-11-13-29-51-42)47(45)33(2)46-40-28-25-35(31-44(40)54-50(48(32)46)43-22-12-14-30-52-43)34-23-26-38(27-24-34)56(55,36-15-5-3-6-16-36)37-17-7-4-8-18-37/h3-31H,1-2H3. The smallest absolute Gasteiger partial charge is 0.171 e. The number of rotatable bonds is 6. The molecule has 4 aromatic heterocycles. The maximum atomic E-state index is 15.1. The number of aromatic nitrogens is 4. The van der Waals surface area contributed by atoms with E-state index in [9.17, 15) is 0 Å². The second-order valence-electron chi connectivity index (χ2n) is 14.2. The molecule has 0 aliphatic heterocycles. The predicted molar refractivity (Wildman–Crippen MR) is 233 cm³/mol. The lowest BCUT2D eigenvalue weighted by Crippen LogP contribution is -2.24. The first kappa shape index (κ1) is 33.7. The van der Waals surface area contributed by atoms with E-state index in [1.165, 1.54) is 0 Å². The summed E-state index contributed by atoms with van der Waals surface area (Å²) in [4.78, 5) is 20.3. The first-order valence-electron chi connectivity index (χ1n) is 18.7. The lowest BCUT2D eigenvalue weighted by molar-refractivity contribution is 0.592. The average molecular weight is 739 g/mol. The van der Waals surface area contributed by atoms with E-state index in [0.717, 1.165) is 104 Å². The molecule has 0 fully saturated rings. The second-order valence-corrected chi connectivity index (χ2v) is 16.9. The molecule has 10 aromatic rings. The first-order chi connectivity index (χ1) is 27.5. The van der Waals surface area contributed by atoms with Gasteiger partial charge in [0, 0.05) is 49.9 Å². The lowest BCUT2D eigenvalue weighted by atomic mass is 9.86. The van der Waals surface area contributed by atoms with E-state index < -0.39 is 7.14 Å². The van der Waals surface area contributed by atoms with Gasteiger partial charge in [-0.2, -0.15) is 0 Å². The van der Waals surface area contributed by atoms with Crippen molar-refractivity contribution in [3.63, 3.8) is 0 Å². The van der Waals surface area contributed by atoms with Crippen LogP contribution in [0.2, 0.25) is 0 Å². The minimum Gasteiger partial charge on any atom is -0.309 e. The number of hydrogen-bond donors (Lipinski definition) is 0. The van der Waals surface area contributed by atoms with Gasteiger partial charge in [0.15, 0.2) is 7.14 Å². The summed E-state index contributed by atoms with van der Waals surface area (Å²) >= 11 is 0. The highest BCUT2D eigenvalue weighted by molar-refractivity contribution is 7.85. The van der Waals surface area contributed by atoms with Gasteiger partial charge in [0.1, 0.15) is 0 Å². The third kappa shape index (κ3) is 5.35. The largest absolute Gasteiger partial charge is 0.309 e. The molecule has 0 amide bonds. The summed E-state index contributed by atoms with van der Waals surface area (Å²) in [6.45, 7) is 4.41. The average Bonchev–Trinajstić information content (AvgIpc) is 3.27. The fourth-order valence-corrected chi connectivity index (χ4v) is 11.0. The normalized spacial score (nSPS) is 11.8. The van der Waals surface area contributed by atoms with Gasteiger partial charge in [-0.05, 0) is 83.3 Å². The monoisotopic (exact) mass is 738 g/mol. The summed E-state index contributed by atoms with van der Waals surface area (Å²) in [7, 11) is -3.10. The second kappa shape index (κ2) is 13.5. The Balaban J connectivity index is 1.22. The van der Waals surface area contributed by atoms with Gasteiger partial charge in [-0.1, -0.05) is 127 Å². The number of benzene rings is 6. The molecule has 10 rings (SSSR count). The number of fused-ring (bicyclic) bond motifs is 6. The van der Waals surface area contributed by atoms with Crippen LogP contribution in [0.15, 0.2) is 176 Å². The number of pyridine rings is 4. The van der Waals surface area contributed by atoms with E-state index in [4.69, 9.17) is 19.9 Å². The Morgan fingerprint density at radius 3 is 1.43 bits per heavy atom. The quantitative estimate of drug-likeness (QED) is 0.0965. The number of hydrogen-bond acceptors (Lipinski definition) is 5. The van der Waals surface area contributed by atoms with Crippen LogP contribution in [0.3, 0.4) is 0 Å². The zero-order valence-electron chi connectivity index (χ0n) is 30.9. The third-order valence-corrected chi connectivity index (χ3v) is 14.1. The van der Waals surface area contributed by atoms with Crippen molar-refractivity contribution in [1.29, 1.82) is 0 Å². The molecule has 0 aliphatic rings. The summed E-state index contributed by atoms with van der Waals surface area (Å²) < 4.78 is 15.1. The summed E-state index contributed by atoms with van der Waals surface area (Å²) in [5, 5.41) is 9.03. The van der Waals surface area contributed by atoms with E-state index in [1.807, 2.05) is 128 Å². The topological polar surface area (TPSA) is 68.6 Å². The molecule has 0 spiro atoms. The zero-order valence-corrected chi connectivity index (χ0v) is 31.8. The van der Waals surface area contributed by atoms with E-state index in [-0.39, 0.29) is 0 Å². The number of para-hydroxylation sites is 1. The molecule has 266 valence electrons. The number of nitrogens with zero attached hydrogens (tertiary/aromatic N) is 4. The zero-order chi connectivity index (χ0) is 37.8. The van der Waals surface area contributed by atoms with Gasteiger partial charge in [0.25, 0.3) is 0 Å². The number of aryl methyl sites for hydroxylation is 2. The summed E-state index contributed by atoms with van der Waals surface area (Å²) in [6, 6.07) is 54.7. The van der Waals surface area contributed by atoms with Crippen molar-refractivity contribution in [2.75, 3.05) is 0 Å². The van der Waals surface area contributed by atoms with Crippen LogP contribution in [-0.2, 0) is 4.57 Å². The van der Waals surface area contributed by atoms with Crippen LogP contribution in [0.5, 0.6) is 0 Å². The molecule has 56 heavy (non-hydrogen) atoms. The Morgan fingerprint density at radius 2 is 0.875 bits per heavy atom. The molecule has 0 aliphatic carbocycles. The van der Waals surface area contributed by atoms with Gasteiger partial charge in [0.05, 0.1) is 33.8 Å². The molecule has 6 heteroatoms. The van der Waals surface area contributed by atoms with Gasteiger partial charge in [-0.25, -0.2) is 9.97 Å². The van der Waals surface area contributed by atoms with E-state index in [2.05, 4.69) is 62.4 Å². The molecule has 5 nitrogen and oxygen atoms in total. The fourth-order valence-electron chi connectivity index (χ4n) is 8.38. The summed E-state index contributed by atoms with van der Waals surface area (Å²) in [5.41, 5.74) is 9.45. The van der Waals surface area contributed by atoms with E-state index in [0.29, 0.717) is 0 Å². The Hall–Kier alpha value is -6.81. The third-order valence-electron chi connectivity index (χ3n) is 11.0. The molecule has 6 aromatic carbocycles. The molecule has 0 N–H and O–H groups in total. The molecule has 0 unspecified atom stereocenters. The van der Waals surface area contributed by atoms with Gasteiger partial charge in [-0.15, -0.1) is 0 Å². The van der Waals surface area contributed by atoms with E-state index >= 15 is 4.57 Å². The van der Waals surface area contributed by atoms with Crippen molar-refractivity contribution in [2.45, 2.75) is 13.8 Å². The van der Waals surface area contributed by atoms with Crippen LogP contribution < -0.4 is 15.9 Å². The molecular formula is C50H35N4OP. The molecule has 0 bridgehead atoms. The summed E-state index contributed by atoms with van der Waals surface area (Å²) in [5.74, 6) is 0. The molecule has 0 atom stereocenters. The highest BCUT2D eigenvalue weighted by Crippen LogP contribution is 2.46. The molecular weight excluding hydrogens is 704 g/mol. The SMILES string of the molecule is Cc1c2c(-c3ccccn3)nc3cc(-c4ccc(P(=O)(c5ccccc5)c5ccccc5)cc4)ccc3c2c(C)c2c(-c3ccccn3)nc3ccccc3c12. The van der Waals surface area contributed by atoms with Crippen molar-refractivity contribution in [1.82, 2.24) is 19.9 Å². The molecule has 4 heterocycles. The minimum absolute atomic E-state index is 0.795. The Kier molecular flexibility index (Phi) is 8.13. The van der Waals surface area contributed by atoms with Gasteiger partial charge >= 0.3 is 0 Å². The van der Waals surface area contributed by atoms with Crippen molar-refractivity contribution in [3.05, 3.63) is 187 Å². The molecule has 0 saturated heterocycles. The van der Waals surface area contributed by atoms with Crippen LogP contribution >= 0.6 is 7.14 Å². The van der Waals surface area contributed by atoms with Gasteiger partial charge < -0.3 is 4.57 Å².